The van der Waals surface area contributed by atoms with Gasteiger partial charge in [-0.1, -0.05) is 6.08 Å². The Morgan fingerprint density at radius 1 is 1.44 bits per heavy atom. The average Bonchev–Trinajstić information content (AvgIpc) is 2.66. The summed E-state index contributed by atoms with van der Waals surface area (Å²) < 4.78 is 39.9. The third-order valence-corrected chi connectivity index (χ3v) is 2.10. The highest BCUT2D eigenvalue weighted by Crippen LogP contribution is 2.26. The van der Waals surface area contributed by atoms with E-state index in [2.05, 4.69) is 26.6 Å². The number of fused-ring (bicyclic) bond motifs is 1. The second kappa shape index (κ2) is 4.59. The molecule has 0 aliphatic heterocycles. The van der Waals surface area contributed by atoms with Crippen molar-refractivity contribution < 1.29 is 17.9 Å². The third-order valence-electron chi connectivity index (χ3n) is 2.10. The van der Waals surface area contributed by atoms with Gasteiger partial charge in [0.15, 0.2) is 0 Å². The molecule has 2 N–H and O–H groups in total. The number of nitrogens with one attached hydrogen (secondary N) is 2. The fourth-order valence-corrected chi connectivity index (χ4v) is 1.44. The number of ether oxygens (including phenoxy) is 1. The van der Waals surface area contributed by atoms with Gasteiger partial charge in [-0.3, -0.25) is 0 Å². The molecule has 4 nitrogen and oxygen atoms in total. The maximum Gasteiger partial charge on any atom is 0.573 e. The van der Waals surface area contributed by atoms with Crippen molar-refractivity contribution in [3.8, 4) is 5.75 Å². The van der Waals surface area contributed by atoms with Gasteiger partial charge in [0.05, 0.1) is 11.0 Å². The van der Waals surface area contributed by atoms with Crippen molar-refractivity contribution in [3.63, 3.8) is 0 Å². The first-order valence-corrected chi connectivity index (χ1v) is 5.08. The van der Waals surface area contributed by atoms with E-state index in [1.54, 1.807) is 6.08 Å². The lowest BCUT2D eigenvalue weighted by atomic mass is 10.3. The van der Waals surface area contributed by atoms with E-state index in [9.17, 15) is 13.2 Å². The minimum Gasteiger partial charge on any atom is -0.406 e. The normalized spacial score (nSPS) is 11.5. The first-order valence-electron chi connectivity index (χ1n) is 5.08. The quantitative estimate of drug-likeness (QED) is 0.827. The van der Waals surface area contributed by atoms with Gasteiger partial charge in [0.2, 0.25) is 5.95 Å². The van der Waals surface area contributed by atoms with Crippen molar-refractivity contribution in [2.45, 2.75) is 6.36 Å². The molecule has 0 spiro atoms. The first kappa shape index (κ1) is 12.3. The Hall–Kier alpha value is -2.18. The van der Waals surface area contributed by atoms with Gasteiger partial charge in [0.25, 0.3) is 0 Å². The summed E-state index contributed by atoms with van der Waals surface area (Å²) in [6.07, 6.45) is -3.05. The number of rotatable bonds is 4. The van der Waals surface area contributed by atoms with Gasteiger partial charge in [-0.05, 0) is 12.1 Å². The maximum absolute atomic E-state index is 12.0. The van der Waals surface area contributed by atoms with Crippen LogP contribution in [0.2, 0.25) is 0 Å². The molecule has 0 atom stereocenters. The molecule has 0 amide bonds. The zero-order chi connectivity index (χ0) is 13.2. The number of alkyl halides is 3. The van der Waals surface area contributed by atoms with E-state index in [1.165, 1.54) is 18.2 Å². The fraction of sp³-hybridized carbons (Fsp3) is 0.182. The summed E-state index contributed by atoms with van der Waals surface area (Å²) >= 11 is 0. The lowest BCUT2D eigenvalue weighted by Gasteiger charge is -2.07. The summed E-state index contributed by atoms with van der Waals surface area (Å²) in [4.78, 5) is 6.98. The van der Waals surface area contributed by atoms with Crippen molar-refractivity contribution in [3.05, 3.63) is 30.9 Å². The van der Waals surface area contributed by atoms with Gasteiger partial charge in [-0.15, -0.1) is 19.8 Å². The Morgan fingerprint density at radius 3 is 2.89 bits per heavy atom. The summed E-state index contributed by atoms with van der Waals surface area (Å²) in [6, 6.07) is 3.91. The molecule has 0 radical (unpaired) electrons. The number of hydrogen-bond acceptors (Lipinski definition) is 3. The van der Waals surface area contributed by atoms with Gasteiger partial charge < -0.3 is 15.0 Å². The average molecular weight is 257 g/mol. The molecule has 2 aromatic rings. The number of aromatic amines is 1. The second-order valence-corrected chi connectivity index (χ2v) is 3.48. The number of H-pyrrole nitrogens is 1. The summed E-state index contributed by atoms with van der Waals surface area (Å²) in [5.74, 6) is 0.183. The molecule has 96 valence electrons. The van der Waals surface area contributed by atoms with Crippen LogP contribution in [0.1, 0.15) is 0 Å². The smallest absolute Gasteiger partial charge is 0.406 e. The van der Waals surface area contributed by atoms with Gasteiger partial charge in [-0.25, -0.2) is 4.98 Å². The van der Waals surface area contributed by atoms with Crippen LogP contribution in [0.4, 0.5) is 19.1 Å². The van der Waals surface area contributed by atoms with Crippen molar-refractivity contribution in [2.24, 2.45) is 0 Å². The zero-order valence-electron chi connectivity index (χ0n) is 9.21. The molecule has 0 bridgehead atoms. The number of nitrogens with zero attached hydrogens (tertiary/aromatic N) is 1. The molecule has 0 saturated carbocycles. The van der Waals surface area contributed by atoms with Crippen molar-refractivity contribution in [1.82, 2.24) is 9.97 Å². The Balaban J connectivity index is 2.25. The van der Waals surface area contributed by atoms with Crippen LogP contribution >= 0.6 is 0 Å². The number of anilines is 1. The van der Waals surface area contributed by atoms with E-state index >= 15 is 0 Å². The molecular formula is C11H10F3N3O. The van der Waals surface area contributed by atoms with E-state index in [-0.39, 0.29) is 5.75 Å². The maximum atomic E-state index is 12.0. The number of hydrogen-bond donors (Lipinski definition) is 2. The zero-order valence-corrected chi connectivity index (χ0v) is 9.21. The van der Waals surface area contributed by atoms with E-state index in [1.807, 2.05) is 0 Å². The van der Waals surface area contributed by atoms with Crippen LogP contribution < -0.4 is 10.1 Å². The van der Waals surface area contributed by atoms with Gasteiger partial charge >= 0.3 is 6.36 Å². The summed E-state index contributed by atoms with van der Waals surface area (Å²) in [5.41, 5.74) is 1.01. The molecule has 1 heterocycles. The molecule has 0 saturated heterocycles. The molecule has 0 fully saturated rings. The van der Waals surface area contributed by atoms with Crippen LogP contribution in [0.15, 0.2) is 30.9 Å². The van der Waals surface area contributed by atoms with E-state index in [0.29, 0.717) is 23.5 Å². The largest absolute Gasteiger partial charge is 0.573 e. The van der Waals surface area contributed by atoms with Crippen LogP contribution in [0.5, 0.6) is 5.75 Å². The molecule has 1 aromatic carbocycles. The molecular weight excluding hydrogens is 247 g/mol. The summed E-state index contributed by atoms with van der Waals surface area (Å²) in [7, 11) is 0. The Morgan fingerprint density at radius 2 is 2.22 bits per heavy atom. The molecule has 0 unspecified atom stereocenters. The molecule has 7 heteroatoms. The first-order chi connectivity index (χ1) is 8.48. The molecule has 2 rings (SSSR count). The minimum absolute atomic E-state index is 0.283. The van der Waals surface area contributed by atoms with E-state index < -0.39 is 6.36 Å². The Kier molecular flexibility index (Phi) is 3.14. The second-order valence-electron chi connectivity index (χ2n) is 3.48. The molecule has 18 heavy (non-hydrogen) atoms. The predicted octanol–water partition coefficient (Wildman–Crippen LogP) is 3.06. The molecule has 0 aliphatic rings. The van der Waals surface area contributed by atoms with Gasteiger partial charge in [0.1, 0.15) is 5.75 Å². The third kappa shape index (κ3) is 2.93. The van der Waals surface area contributed by atoms with Crippen LogP contribution in [0.25, 0.3) is 11.0 Å². The molecule has 1 aromatic heterocycles. The molecule has 0 aliphatic carbocycles. The van der Waals surface area contributed by atoms with Crippen molar-refractivity contribution in [2.75, 3.05) is 11.9 Å². The highest BCUT2D eigenvalue weighted by molar-refractivity contribution is 5.79. The van der Waals surface area contributed by atoms with Crippen LogP contribution in [0.3, 0.4) is 0 Å². The number of imidazole rings is 1. The number of aromatic nitrogens is 2. The standard InChI is InChI=1S/C11H10F3N3O/c1-2-5-15-10-16-8-4-3-7(6-9(8)17-10)18-11(12,13)14/h2-4,6H,1,5H2,(H2,15,16,17). The monoisotopic (exact) mass is 257 g/mol. The number of benzene rings is 1. The van der Waals surface area contributed by atoms with Gasteiger partial charge in [-0.2, -0.15) is 0 Å². The van der Waals surface area contributed by atoms with Gasteiger partial charge in [0, 0.05) is 12.6 Å². The van der Waals surface area contributed by atoms with E-state index in [0.717, 1.165) is 0 Å². The van der Waals surface area contributed by atoms with E-state index in [4.69, 9.17) is 0 Å². The highest BCUT2D eigenvalue weighted by atomic mass is 19.4. The van der Waals surface area contributed by atoms with Crippen LogP contribution in [-0.2, 0) is 0 Å². The fourth-order valence-electron chi connectivity index (χ4n) is 1.44. The summed E-state index contributed by atoms with van der Waals surface area (Å²) in [6.45, 7) is 4.04. The predicted molar refractivity (Wildman–Crippen MR) is 61.5 cm³/mol. The lowest BCUT2D eigenvalue weighted by Crippen LogP contribution is -2.16. The van der Waals surface area contributed by atoms with Crippen molar-refractivity contribution >= 4 is 17.0 Å². The van der Waals surface area contributed by atoms with Crippen LogP contribution in [-0.4, -0.2) is 22.9 Å². The minimum atomic E-state index is -4.70. The Bertz CT molecular complexity index is 562. The lowest BCUT2D eigenvalue weighted by molar-refractivity contribution is -0.274. The number of halogens is 3. The highest BCUT2D eigenvalue weighted by Gasteiger charge is 2.31. The van der Waals surface area contributed by atoms with Crippen molar-refractivity contribution in [1.29, 1.82) is 0 Å². The van der Waals surface area contributed by atoms with Crippen LogP contribution in [0, 0.1) is 0 Å². The Labute approximate surface area is 100 Å². The SMILES string of the molecule is C=CCNc1nc2ccc(OC(F)(F)F)cc2[nH]1. The topological polar surface area (TPSA) is 49.9 Å². The summed E-state index contributed by atoms with van der Waals surface area (Å²) in [5, 5.41) is 2.90.